The molecule has 0 fully saturated rings. The standard InChI is InChI=1S/C18H20N4OS/c1-2-19-10-17-21-14-7-8-22(11-16(14)24-17)18(23)15-9-12-5-3-4-6-13(12)20-15/h3-6,9,19-20H,2,7-8,10-11H2,1H3. The van der Waals surface area contributed by atoms with Gasteiger partial charge in [-0.1, -0.05) is 25.1 Å². The van der Waals surface area contributed by atoms with Crippen molar-refractivity contribution in [1.82, 2.24) is 20.2 Å². The first-order valence-corrected chi connectivity index (χ1v) is 9.11. The highest BCUT2D eigenvalue weighted by Crippen LogP contribution is 2.26. The maximum Gasteiger partial charge on any atom is 0.270 e. The van der Waals surface area contributed by atoms with Crippen molar-refractivity contribution in [2.75, 3.05) is 13.1 Å². The van der Waals surface area contributed by atoms with Crippen molar-refractivity contribution in [3.05, 3.63) is 51.6 Å². The summed E-state index contributed by atoms with van der Waals surface area (Å²) in [6.45, 7) is 5.23. The lowest BCUT2D eigenvalue weighted by atomic mass is 10.1. The van der Waals surface area contributed by atoms with Crippen molar-refractivity contribution >= 4 is 28.1 Å². The summed E-state index contributed by atoms with van der Waals surface area (Å²) in [6.07, 6.45) is 0.837. The molecule has 0 saturated heterocycles. The van der Waals surface area contributed by atoms with E-state index < -0.39 is 0 Å². The molecule has 2 aromatic heterocycles. The molecule has 1 aromatic carbocycles. The Hall–Kier alpha value is -2.18. The number of H-pyrrole nitrogens is 1. The lowest BCUT2D eigenvalue weighted by Crippen LogP contribution is -2.35. The van der Waals surface area contributed by atoms with E-state index in [1.807, 2.05) is 35.2 Å². The monoisotopic (exact) mass is 340 g/mol. The summed E-state index contributed by atoms with van der Waals surface area (Å²) in [5, 5.41) is 5.50. The molecule has 3 aromatic rings. The molecule has 4 rings (SSSR count). The molecule has 1 aliphatic heterocycles. The normalized spacial score (nSPS) is 14.1. The van der Waals surface area contributed by atoms with E-state index in [1.54, 1.807) is 11.3 Å². The lowest BCUT2D eigenvalue weighted by Gasteiger charge is -2.25. The van der Waals surface area contributed by atoms with Crippen LogP contribution < -0.4 is 5.32 Å². The molecule has 5 nitrogen and oxygen atoms in total. The van der Waals surface area contributed by atoms with Crippen LogP contribution in [0.15, 0.2) is 30.3 Å². The van der Waals surface area contributed by atoms with Gasteiger partial charge in [0.1, 0.15) is 10.7 Å². The topological polar surface area (TPSA) is 61.0 Å². The minimum atomic E-state index is 0.0680. The van der Waals surface area contributed by atoms with Gasteiger partial charge < -0.3 is 15.2 Å². The number of aromatic nitrogens is 2. The predicted molar refractivity (Wildman–Crippen MR) is 96.2 cm³/mol. The highest BCUT2D eigenvalue weighted by Gasteiger charge is 2.25. The number of carbonyl (C=O) groups is 1. The summed E-state index contributed by atoms with van der Waals surface area (Å²) in [5.41, 5.74) is 2.83. The fraction of sp³-hybridized carbons (Fsp3) is 0.333. The number of para-hydroxylation sites is 1. The number of rotatable bonds is 4. The van der Waals surface area contributed by atoms with Crippen LogP contribution in [0.25, 0.3) is 10.9 Å². The molecule has 0 unspecified atom stereocenters. The van der Waals surface area contributed by atoms with Crippen molar-refractivity contribution in [3.8, 4) is 0 Å². The van der Waals surface area contributed by atoms with Crippen molar-refractivity contribution in [3.63, 3.8) is 0 Å². The third kappa shape index (κ3) is 2.83. The minimum Gasteiger partial charge on any atom is -0.351 e. The van der Waals surface area contributed by atoms with Gasteiger partial charge in [-0.05, 0) is 18.7 Å². The smallest absolute Gasteiger partial charge is 0.270 e. The highest BCUT2D eigenvalue weighted by atomic mass is 32.1. The number of aromatic amines is 1. The largest absolute Gasteiger partial charge is 0.351 e. The van der Waals surface area contributed by atoms with Gasteiger partial charge in [0.15, 0.2) is 0 Å². The summed E-state index contributed by atoms with van der Waals surface area (Å²) in [7, 11) is 0. The molecule has 6 heteroatoms. The fourth-order valence-electron chi connectivity index (χ4n) is 3.09. The minimum absolute atomic E-state index is 0.0680. The summed E-state index contributed by atoms with van der Waals surface area (Å²) < 4.78 is 0. The average Bonchev–Trinajstić information content (AvgIpc) is 3.21. The summed E-state index contributed by atoms with van der Waals surface area (Å²) in [6, 6.07) is 9.92. The third-order valence-electron chi connectivity index (χ3n) is 4.35. The van der Waals surface area contributed by atoms with Gasteiger partial charge in [-0.2, -0.15) is 0 Å². The van der Waals surface area contributed by atoms with Crippen LogP contribution in [0.3, 0.4) is 0 Å². The summed E-state index contributed by atoms with van der Waals surface area (Å²) >= 11 is 1.72. The van der Waals surface area contributed by atoms with Gasteiger partial charge in [0, 0.05) is 35.3 Å². The molecule has 0 spiro atoms. The van der Waals surface area contributed by atoms with E-state index >= 15 is 0 Å². The summed E-state index contributed by atoms with van der Waals surface area (Å²) in [4.78, 5) is 23.9. The Bertz CT molecular complexity index is 849. The number of carbonyl (C=O) groups excluding carboxylic acids is 1. The van der Waals surface area contributed by atoms with Crippen LogP contribution in [-0.4, -0.2) is 33.9 Å². The van der Waals surface area contributed by atoms with E-state index in [1.165, 1.54) is 4.88 Å². The van der Waals surface area contributed by atoms with Crippen LogP contribution in [0.4, 0.5) is 0 Å². The van der Waals surface area contributed by atoms with Crippen LogP contribution in [0.2, 0.25) is 0 Å². The quantitative estimate of drug-likeness (QED) is 0.768. The Morgan fingerprint density at radius 2 is 2.29 bits per heavy atom. The number of thiazole rings is 1. The third-order valence-corrected chi connectivity index (χ3v) is 5.43. The molecule has 0 aliphatic carbocycles. The Labute approximate surface area is 144 Å². The van der Waals surface area contributed by atoms with Gasteiger partial charge in [-0.15, -0.1) is 11.3 Å². The number of hydrogen-bond acceptors (Lipinski definition) is 4. The van der Waals surface area contributed by atoms with Gasteiger partial charge in [0.25, 0.3) is 5.91 Å². The Morgan fingerprint density at radius 1 is 1.42 bits per heavy atom. The number of hydrogen-bond donors (Lipinski definition) is 2. The zero-order chi connectivity index (χ0) is 16.5. The van der Waals surface area contributed by atoms with Crippen molar-refractivity contribution < 1.29 is 4.79 Å². The van der Waals surface area contributed by atoms with Crippen molar-refractivity contribution in [1.29, 1.82) is 0 Å². The molecule has 24 heavy (non-hydrogen) atoms. The number of benzene rings is 1. The van der Waals surface area contributed by atoms with Gasteiger partial charge in [-0.3, -0.25) is 4.79 Å². The number of nitrogens with zero attached hydrogens (tertiary/aromatic N) is 2. The van der Waals surface area contributed by atoms with E-state index in [-0.39, 0.29) is 5.91 Å². The molecule has 0 atom stereocenters. The summed E-state index contributed by atoms with van der Waals surface area (Å²) in [5.74, 6) is 0.0680. The van der Waals surface area contributed by atoms with E-state index in [4.69, 9.17) is 4.98 Å². The van der Waals surface area contributed by atoms with Gasteiger partial charge in [0.2, 0.25) is 0 Å². The predicted octanol–water partition coefficient (Wildman–Crippen LogP) is 2.93. The molecule has 2 N–H and O–H groups in total. The van der Waals surface area contributed by atoms with E-state index in [0.29, 0.717) is 12.2 Å². The molecule has 0 radical (unpaired) electrons. The molecule has 1 aliphatic rings. The Morgan fingerprint density at radius 3 is 3.12 bits per heavy atom. The van der Waals surface area contributed by atoms with E-state index in [2.05, 4.69) is 17.2 Å². The van der Waals surface area contributed by atoms with Crippen LogP contribution >= 0.6 is 11.3 Å². The second kappa shape index (κ2) is 6.37. The first kappa shape index (κ1) is 15.4. The maximum absolute atomic E-state index is 12.8. The number of fused-ring (bicyclic) bond motifs is 2. The van der Waals surface area contributed by atoms with Gasteiger partial charge in [0.05, 0.1) is 12.2 Å². The zero-order valence-electron chi connectivity index (χ0n) is 13.6. The van der Waals surface area contributed by atoms with Gasteiger partial charge >= 0.3 is 0 Å². The first-order chi connectivity index (χ1) is 11.7. The number of nitrogens with one attached hydrogen (secondary N) is 2. The molecular weight excluding hydrogens is 320 g/mol. The van der Waals surface area contributed by atoms with Crippen molar-refractivity contribution in [2.24, 2.45) is 0 Å². The van der Waals surface area contributed by atoms with E-state index in [9.17, 15) is 4.79 Å². The molecule has 0 bridgehead atoms. The number of amides is 1. The first-order valence-electron chi connectivity index (χ1n) is 8.30. The second-order valence-electron chi connectivity index (χ2n) is 6.00. The van der Waals surface area contributed by atoms with Crippen LogP contribution in [0.5, 0.6) is 0 Å². The van der Waals surface area contributed by atoms with E-state index in [0.717, 1.165) is 47.7 Å². The maximum atomic E-state index is 12.8. The SMILES string of the molecule is CCNCc1nc2c(s1)CN(C(=O)c1cc3ccccc3[nH]1)CC2. The lowest BCUT2D eigenvalue weighted by molar-refractivity contribution is 0.0731. The molecular formula is C18H20N4OS. The highest BCUT2D eigenvalue weighted by molar-refractivity contribution is 7.11. The van der Waals surface area contributed by atoms with Crippen LogP contribution in [0.1, 0.15) is 33.0 Å². The second-order valence-corrected chi connectivity index (χ2v) is 7.17. The molecule has 3 heterocycles. The zero-order valence-corrected chi connectivity index (χ0v) is 14.4. The average molecular weight is 340 g/mol. The fourth-order valence-corrected chi connectivity index (χ4v) is 4.19. The Kier molecular flexibility index (Phi) is 4.08. The molecule has 0 saturated carbocycles. The molecule has 1 amide bonds. The van der Waals surface area contributed by atoms with Crippen LogP contribution in [0, 0.1) is 0 Å². The Balaban J connectivity index is 1.53. The van der Waals surface area contributed by atoms with Crippen LogP contribution in [-0.2, 0) is 19.5 Å². The molecule has 124 valence electrons. The van der Waals surface area contributed by atoms with Gasteiger partial charge in [-0.25, -0.2) is 4.98 Å². The van der Waals surface area contributed by atoms with Crippen molar-refractivity contribution in [2.45, 2.75) is 26.4 Å².